The molecular formula is C16H14F2N4. The van der Waals surface area contributed by atoms with Gasteiger partial charge in [0.2, 0.25) is 0 Å². The van der Waals surface area contributed by atoms with Gasteiger partial charge in [0.05, 0.1) is 17.9 Å². The van der Waals surface area contributed by atoms with Crippen LogP contribution in [0, 0.1) is 11.6 Å². The molecule has 112 valence electrons. The van der Waals surface area contributed by atoms with Crippen molar-refractivity contribution in [3.63, 3.8) is 0 Å². The lowest BCUT2D eigenvalue weighted by Crippen LogP contribution is -2.07. The summed E-state index contributed by atoms with van der Waals surface area (Å²) >= 11 is 0. The van der Waals surface area contributed by atoms with Crippen LogP contribution in [0.3, 0.4) is 0 Å². The Morgan fingerprint density at radius 1 is 1.05 bits per heavy atom. The van der Waals surface area contributed by atoms with E-state index in [1.165, 1.54) is 6.07 Å². The van der Waals surface area contributed by atoms with Crippen LogP contribution in [0.4, 0.5) is 14.5 Å². The van der Waals surface area contributed by atoms with Crippen LogP contribution in [-0.4, -0.2) is 15.0 Å². The van der Waals surface area contributed by atoms with Crippen LogP contribution >= 0.6 is 0 Å². The molecule has 0 amide bonds. The van der Waals surface area contributed by atoms with Crippen LogP contribution in [0.25, 0.3) is 5.69 Å². The van der Waals surface area contributed by atoms with Crippen molar-refractivity contribution < 1.29 is 8.78 Å². The molecule has 0 bridgehead atoms. The summed E-state index contributed by atoms with van der Waals surface area (Å²) in [5.74, 6) is -1.75. The molecule has 2 aromatic carbocycles. The van der Waals surface area contributed by atoms with Crippen molar-refractivity contribution in [3.8, 4) is 5.69 Å². The largest absolute Gasteiger partial charge is 0.377 e. The molecule has 0 aliphatic heterocycles. The van der Waals surface area contributed by atoms with Crippen molar-refractivity contribution in [3.05, 3.63) is 72.1 Å². The van der Waals surface area contributed by atoms with Crippen LogP contribution in [0.1, 0.15) is 18.7 Å². The smallest absolute Gasteiger partial charge is 0.160 e. The summed E-state index contributed by atoms with van der Waals surface area (Å²) in [5, 5.41) is 11.3. The third kappa shape index (κ3) is 2.95. The zero-order valence-electron chi connectivity index (χ0n) is 11.9. The monoisotopic (exact) mass is 300 g/mol. The first-order valence-corrected chi connectivity index (χ1v) is 6.83. The zero-order chi connectivity index (χ0) is 15.5. The maximum Gasteiger partial charge on any atom is 0.160 e. The standard InChI is InChI=1S/C16H14F2N4/c1-11(19-12-7-8-14(17)15(18)9-12)16-10-22(21-20-16)13-5-3-2-4-6-13/h2-11,19H,1H3/t11-/m1/s1. The van der Waals surface area contributed by atoms with Crippen LogP contribution in [0.5, 0.6) is 0 Å². The van der Waals surface area contributed by atoms with Gasteiger partial charge in [-0.25, -0.2) is 13.5 Å². The first-order valence-electron chi connectivity index (χ1n) is 6.83. The fourth-order valence-corrected chi connectivity index (χ4v) is 2.09. The average Bonchev–Trinajstić information content (AvgIpc) is 3.02. The molecule has 1 atom stereocenters. The minimum atomic E-state index is -0.884. The molecule has 0 spiro atoms. The third-order valence-electron chi connectivity index (χ3n) is 3.28. The Morgan fingerprint density at radius 2 is 1.82 bits per heavy atom. The third-order valence-corrected chi connectivity index (χ3v) is 3.28. The molecule has 0 saturated carbocycles. The zero-order valence-corrected chi connectivity index (χ0v) is 11.9. The topological polar surface area (TPSA) is 42.7 Å². The average molecular weight is 300 g/mol. The molecule has 4 nitrogen and oxygen atoms in total. The quantitative estimate of drug-likeness (QED) is 0.798. The summed E-state index contributed by atoms with van der Waals surface area (Å²) in [6, 6.07) is 13.1. The number of nitrogens with one attached hydrogen (secondary N) is 1. The molecule has 1 N–H and O–H groups in total. The normalized spacial score (nSPS) is 12.1. The number of nitrogens with zero attached hydrogens (tertiary/aromatic N) is 3. The van der Waals surface area contributed by atoms with E-state index in [-0.39, 0.29) is 6.04 Å². The maximum atomic E-state index is 13.2. The van der Waals surface area contributed by atoms with Crippen molar-refractivity contribution in [2.75, 3.05) is 5.32 Å². The van der Waals surface area contributed by atoms with E-state index in [4.69, 9.17) is 0 Å². The molecule has 0 aliphatic carbocycles. The lowest BCUT2D eigenvalue weighted by Gasteiger charge is -2.12. The van der Waals surface area contributed by atoms with E-state index in [1.54, 1.807) is 10.9 Å². The van der Waals surface area contributed by atoms with E-state index < -0.39 is 11.6 Å². The molecule has 3 aromatic rings. The molecule has 22 heavy (non-hydrogen) atoms. The van der Waals surface area contributed by atoms with Crippen molar-refractivity contribution in [1.29, 1.82) is 0 Å². The predicted molar refractivity (Wildman–Crippen MR) is 79.8 cm³/mol. The first kappa shape index (κ1) is 14.2. The summed E-state index contributed by atoms with van der Waals surface area (Å²) in [4.78, 5) is 0. The van der Waals surface area contributed by atoms with Gasteiger partial charge in [-0.15, -0.1) is 5.10 Å². The molecule has 0 saturated heterocycles. The van der Waals surface area contributed by atoms with Crippen molar-refractivity contribution >= 4 is 5.69 Å². The van der Waals surface area contributed by atoms with Crippen molar-refractivity contribution in [1.82, 2.24) is 15.0 Å². The molecule has 1 heterocycles. The highest BCUT2D eigenvalue weighted by Crippen LogP contribution is 2.20. The van der Waals surface area contributed by atoms with Gasteiger partial charge in [0.15, 0.2) is 11.6 Å². The lowest BCUT2D eigenvalue weighted by molar-refractivity contribution is 0.509. The number of anilines is 1. The van der Waals surface area contributed by atoms with E-state index in [1.807, 2.05) is 37.3 Å². The van der Waals surface area contributed by atoms with Crippen LogP contribution in [0.15, 0.2) is 54.7 Å². The highest BCUT2D eigenvalue weighted by atomic mass is 19.2. The number of rotatable bonds is 4. The predicted octanol–water partition coefficient (Wildman–Crippen LogP) is 3.72. The first-order chi connectivity index (χ1) is 10.6. The number of aromatic nitrogens is 3. The van der Waals surface area contributed by atoms with Gasteiger partial charge in [-0.3, -0.25) is 0 Å². The fraction of sp³-hybridized carbons (Fsp3) is 0.125. The van der Waals surface area contributed by atoms with Gasteiger partial charge in [0.25, 0.3) is 0 Å². The molecule has 0 fully saturated rings. The molecule has 0 aliphatic rings. The van der Waals surface area contributed by atoms with Crippen molar-refractivity contribution in [2.45, 2.75) is 13.0 Å². The van der Waals surface area contributed by atoms with Crippen molar-refractivity contribution in [2.24, 2.45) is 0 Å². The minimum absolute atomic E-state index is 0.192. The Hall–Kier alpha value is -2.76. The second kappa shape index (κ2) is 5.93. The second-order valence-electron chi connectivity index (χ2n) is 4.92. The summed E-state index contributed by atoms with van der Waals surface area (Å²) in [7, 11) is 0. The Morgan fingerprint density at radius 3 is 2.55 bits per heavy atom. The highest BCUT2D eigenvalue weighted by Gasteiger charge is 2.12. The number of hydrogen-bond acceptors (Lipinski definition) is 3. The fourth-order valence-electron chi connectivity index (χ4n) is 2.09. The van der Waals surface area contributed by atoms with Crippen LogP contribution < -0.4 is 5.32 Å². The summed E-state index contributed by atoms with van der Waals surface area (Å²) < 4.78 is 27.8. The summed E-state index contributed by atoms with van der Waals surface area (Å²) in [6.07, 6.45) is 1.80. The van der Waals surface area contributed by atoms with Gasteiger partial charge in [0.1, 0.15) is 5.69 Å². The van der Waals surface area contributed by atoms with E-state index in [9.17, 15) is 8.78 Å². The van der Waals surface area contributed by atoms with Gasteiger partial charge in [-0.05, 0) is 31.2 Å². The molecule has 0 radical (unpaired) electrons. The molecule has 3 rings (SSSR count). The molecular weight excluding hydrogens is 286 g/mol. The van der Waals surface area contributed by atoms with E-state index in [0.29, 0.717) is 11.4 Å². The SMILES string of the molecule is C[C@@H](Nc1ccc(F)c(F)c1)c1cn(-c2ccccc2)nn1. The van der Waals surface area contributed by atoms with E-state index in [2.05, 4.69) is 15.6 Å². The van der Waals surface area contributed by atoms with Gasteiger partial charge in [-0.1, -0.05) is 23.4 Å². The van der Waals surface area contributed by atoms with E-state index >= 15 is 0 Å². The molecule has 0 unspecified atom stereocenters. The summed E-state index contributed by atoms with van der Waals surface area (Å²) in [6.45, 7) is 1.88. The van der Waals surface area contributed by atoms with Gasteiger partial charge in [-0.2, -0.15) is 0 Å². The Kier molecular flexibility index (Phi) is 3.82. The van der Waals surface area contributed by atoms with Crippen LogP contribution in [0.2, 0.25) is 0 Å². The number of benzene rings is 2. The molecule has 6 heteroatoms. The maximum absolute atomic E-state index is 13.2. The van der Waals surface area contributed by atoms with Gasteiger partial charge < -0.3 is 5.32 Å². The molecule has 1 aromatic heterocycles. The van der Waals surface area contributed by atoms with E-state index in [0.717, 1.165) is 17.8 Å². The number of para-hydroxylation sites is 1. The summed E-state index contributed by atoms with van der Waals surface area (Å²) in [5.41, 5.74) is 2.09. The van der Waals surface area contributed by atoms with Crippen LogP contribution in [-0.2, 0) is 0 Å². The Labute approximate surface area is 126 Å². The second-order valence-corrected chi connectivity index (χ2v) is 4.92. The number of halogens is 2. The Balaban J connectivity index is 1.77. The highest BCUT2D eigenvalue weighted by molar-refractivity contribution is 5.45. The number of hydrogen-bond donors (Lipinski definition) is 1. The minimum Gasteiger partial charge on any atom is -0.377 e. The Bertz CT molecular complexity index is 771. The van der Waals surface area contributed by atoms with Gasteiger partial charge >= 0.3 is 0 Å². The lowest BCUT2D eigenvalue weighted by atomic mass is 10.2. The van der Waals surface area contributed by atoms with Gasteiger partial charge in [0, 0.05) is 11.8 Å².